The monoisotopic (exact) mass is 580 g/mol. The van der Waals surface area contributed by atoms with Gasteiger partial charge in [0.25, 0.3) is 0 Å². The molecule has 0 saturated carbocycles. The maximum atomic E-state index is 13.7. The summed E-state index contributed by atoms with van der Waals surface area (Å²) in [7, 11) is 0. The van der Waals surface area contributed by atoms with E-state index in [0.717, 1.165) is 18.7 Å². The highest BCUT2D eigenvalue weighted by atomic mass is 79.9. The predicted octanol–water partition coefficient (Wildman–Crippen LogP) is 0.208. The number of thioether (sulfide) groups is 1. The summed E-state index contributed by atoms with van der Waals surface area (Å²) >= 11 is 5.37. The molecule has 4 aliphatic rings. The molecule has 11 heteroatoms. The largest absolute Gasteiger partial charge is 0.395 e. The van der Waals surface area contributed by atoms with E-state index in [1.807, 2.05) is 30.3 Å². The van der Waals surface area contributed by atoms with Gasteiger partial charge in [-0.1, -0.05) is 46.3 Å². The first-order chi connectivity index (χ1) is 17.5. The van der Waals surface area contributed by atoms with E-state index in [9.17, 15) is 19.5 Å². The van der Waals surface area contributed by atoms with E-state index in [4.69, 9.17) is 4.74 Å². The highest BCUT2D eigenvalue weighted by Gasteiger charge is 2.75. The van der Waals surface area contributed by atoms with Crippen LogP contribution in [0.2, 0.25) is 0 Å². The van der Waals surface area contributed by atoms with E-state index in [-0.39, 0.29) is 41.0 Å². The molecule has 1 aromatic carbocycles. The van der Waals surface area contributed by atoms with Crippen LogP contribution in [0, 0.1) is 11.8 Å². The second-order valence-electron chi connectivity index (χ2n) is 9.87. The Hall–Kier alpha value is -1.66. The first-order valence-electron chi connectivity index (χ1n) is 12.6. The Morgan fingerprint density at radius 2 is 1.89 bits per heavy atom. The number of aliphatic hydroxyl groups is 1. The standard InChI is InChI=1S/C25H33BrN4O5S/c26-17-14-25-19(18(20(17)36-25)22(32)28-15-16-4-2-1-3-5-16)24(34)30(8-11-31)21(25)23(33)27-6-7-29-9-12-35-13-10-29/h1-5,17-21,31H,6-15H2,(H,27,33)(H,28,32)/t17?,18-,19-,20-,21?,25?/m0/s1. The first kappa shape index (κ1) is 26.0. The Balaban J connectivity index is 1.32. The quantitative estimate of drug-likeness (QED) is 0.358. The van der Waals surface area contributed by atoms with Crippen LogP contribution in [-0.2, 0) is 25.7 Å². The number of aliphatic hydroxyl groups excluding tert-OH is 1. The van der Waals surface area contributed by atoms with Crippen molar-refractivity contribution in [3.63, 3.8) is 0 Å². The summed E-state index contributed by atoms with van der Waals surface area (Å²) in [6.45, 7) is 4.49. The van der Waals surface area contributed by atoms with Crippen LogP contribution < -0.4 is 10.6 Å². The first-order valence-corrected chi connectivity index (χ1v) is 14.4. The smallest absolute Gasteiger partial charge is 0.244 e. The second-order valence-corrected chi connectivity index (χ2v) is 12.6. The van der Waals surface area contributed by atoms with Crippen LogP contribution >= 0.6 is 27.7 Å². The van der Waals surface area contributed by atoms with E-state index in [1.54, 1.807) is 11.8 Å². The highest BCUT2D eigenvalue weighted by Crippen LogP contribution is 2.67. The van der Waals surface area contributed by atoms with Gasteiger partial charge in [0.15, 0.2) is 0 Å². The maximum Gasteiger partial charge on any atom is 0.244 e. The number of alkyl halides is 1. The fourth-order valence-electron chi connectivity index (χ4n) is 6.24. The van der Waals surface area contributed by atoms with Gasteiger partial charge in [-0.05, 0) is 12.0 Å². The van der Waals surface area contributed by atoms with Crippen molar-refractivity contribution in [3.05, 3.63) is 35.9 Å². The number of halogens is 1. The molecule has 0 aliphatic carbocycles. The number of benzene rings is 1. The van der Waals surface area contributed by atoms with Gasteiger partial charge in [-0.3, -0.25) is 19.3 Å². The molecule has 36 heavy (non-hydrogen) atoms. The third-order valence-electron chi connectivity index (χ3n) is 7.82. The zero-order valence-electron chi connectivity index (χ0n) is 20.1. The fourth-order valence-corrected chi connectivity index (χ4v) is 9.85. The zero-order valence-corrected chi connectivity index (χ0v) is 22.5. The maximum absolute atomic E-state index is 13.7. The lowest BCUT2D eigenvalue weighted by Crippen LogP contribution is -2.55. The summed E-state index contributed by atoms with van der Waals surface area (Å²) in [5.74, 6) is -1.68. The van der Waals surface area contributed by atoms with Crippen molar-refractivity contribution in [2.45, 2.75) is 33.8 Å². The number of hydrogen-bond acceptors (Lipinski definition) is 7. The molecule has 5 rings (SSSR count). The molecule has 1 spiro atoms. The molecule has 4 fully saturated rings. The molecular weight excluding hydrogens is 548 g/mol. The zero-order chi connectivity index (χ0) is 25.3. The van der Waals surface area contributed by atoms with Crippen LogP contribution in [0.4, 0.5) is 0 Å². The average molecular weight is 582 g/mol. The number of nitrogens with one attached hydrogen (secondary N) is 2. The van der Waals surface area contributed by atoms with Crippen molar-refractivity contribution in [1.82, 2.24) is 20.4 Å². The Morgan fingerprint density at radius 3 is 2.61 bits per heavy atom. The minimum Gasteiger partial charge on any atom is -0.395 e. The number of nitrogens with zero attached hydrogens (tertiary/aromatic N) is 2. The van der Waals surface area contributed by atoms with Crippen molar-refractivity contribution < 1.29 is 24.2 Å². The number of β-amino-alcohol motifs (C(OH)–C–C–N with tert-alkyl or cyclic N) is 1. The Kier molecular flexibility index (Phi) is 7.92. The Morgan fingerprint density at radius 1 is 1.14 bits per heavy atom. The Bertz CT molecular complexity index is 980. The molecule has 3 unspecified atom stereocenters. The molecule has 0 aromatic heterocycles. The minimum absolute atomic E-state index is 0.0248. The van der Waals surface area contributed by atoms with Gasteiger partial charge in [-0.15, -0.1) is 11.8 Å². The lowest BCUT2D eigenvalue weighted by atomic mass is 9.70. The van der Waals surface area contributed by atoms with E-state index < -0.39 is 22.6 Å². The van der Waals surface area contributed by atoms with Gasteiger partial charge in [0.05, 0.1) is 36.4 Å². The van der Waals surface area contributed by atoms with E-state index in [1.165, 1.54) is 4.90 Å². The molecule has 4 heterocycles. The molecule has 3 N–H and O–H groups in total. The van der Waals surface area contributed by atoms with Crippen LogP contribution in [0.15, 0.2) is 30.3 Å². The lowest BCUT2D eigenvalue weighted by Gasteiger charge is -2.35. The van der Waals surface area contributed by atoms with Gasteiger partial charge < -0.3 is 25.4 Å². The summed E-state index contributed by atoms with van der Waals surface area (Å²) in [5.41, 5.74) is 0.990. The van der Waals surface area contributed by atoms with Gasteiger partial charge in [-0.2, -0.15) is 0 Å². The van der Waals surface area contributed by atoms with Crippen LogP contribution in [0.25, 0.3) is 0 Å². The summed E-state index contributed by atoms with van der Waals surface area (Å²) in [6.07, 6.45) is 0.630. The number of carbonyl (C=O) groups excluding carboxylic acids is 3. The molecule has 0 radical (unpaired) electrons. The van der Waals surface area contributed by atoms with Crippen LogP contribution in [0.5, 0.6) is 0 Å². The van der Waals surface area contributed by atoms with Crippen molar-refractivity contribution in [2.75, 3.05) is 52.5 Å². The number of ether oxygens (including phenoxy) is 1. The third-order valence-corrected chi connectivity index (χ3v) is 11.0. The van der Waals surface area contributed by atoms with Crippen molar-refractivity contribution in [3.8, 4) is 0 Å². The molecule has 3 amide bonds. The number of likely N-dealkylation sites (tertiary alicyclic amines) is 1. The molecule has 4 saturated heterocycles. The van der Waals surface area contributed by atoms with Gasteiger partial charge >= 0.3 is 0 Å². The average Bonchev–Trinajstić information content (AvgIpc) is 3.47. The molecule has 2 bridgehead atoms. The van der Waals surface area contributed by atoms with Gasteiger partial charge in [0, 0.05) is 49.3 Å². The molecule has 196 valence electrons. The summed E-state index contributed by atoms with van der Waals surface area (Å²) in [6, 6.07) is 8.96. The van der Waals surface area contributed by atoms with Crippen LogP contribution in [0.3, 0.4) is 0 Å². The van der Waals surface area contributed by atoms with Gasteiger partial charge in [0.1, 0.15) is 6.04 Å². The second kappa shape index (κ2) is 11.0. The molecule has 4 aliphatic heterocycles. The lowest BCUT2D eigenvalue weighted by molar-refractivity contribution is -0.140. The van der Waals surface area contributed by atoms with Gasteiger partial charge in [0.2, 0.25) is 17.7 Å². The number of carbonyl (C=O) groups is 3. The van der Waals surface area contributed by atoms with E-state index in [0.29, 0.717) is 39.3 Å². The SMILES string of the molecule is O=C(NCCN1CCOCC1)C1N(CCO)C(=O)[C@@H]2[C@H](C(=O)NCc3ccccc3)[C@H]3SC12CC3Br. The normalized spacial score (nSPS) is 33.6. The molecule has 1 aromatic rings. The summed E-state index contributed by atoms with van der Waals surface area (Å²) < 4.78 is 4.69. The molecule has 6 atom stereocenters. The van der Waals surface area contributed by atoms with Crippen molar-refractivity contribution in [2.24, 2.45) is 11.8 Å². The summed E-state index contributed by atoms with van der Waals surface area (Å²) in [4.78, 5) is 44.5. The van der Waals surface area contributed by atoms with Crippen molar-refractivity contribution >= 4 is 45.4 Å². The number of fused-ring (bicyclic) bond motifs is 1. The number of rotatable bonds is 9. The van der Waals surface area contributed by atoms with E-state index >= 15 is 0 Å². The Labute approximate surface area is 223 Å². The summed E-state index contributed by atoms with van der Waals surface area (Å²) in [5, 5.41) is 15.7. The third kappa shape index (κ3) is 4.69. The number of amides is 3. The van der Waals surface area contributed by atoms with Gasteiger partial charge in [-0.25, -0.2) is 0 Å². The highest BCUT2D eigenvalue weighted by molar-refractivity contribution is 9.09. The fraction of sp³-hybridized carbons (Fsp3) is 0.640. The van der Waals surface area contributed by atoms with Crippen LogP contribution in [-0.4, -0.2) is 106 Å². The topological polar surface area (TPSA) is 111 Å². The van der Waals surface area contributed by atoms with E-state index in [2.05, 4.69) is 31.5 Å². The van der Waals surface area contributed by atoms with Crippen molar-refractivity contribution in [1.29, 1.82) is 0 Å². The molecule has 9 nitrogen and oxygen atoms in total. The minimum atomic E-state index is -0.714. The molecular formula is C25H33BrN4O5S. The van der Waals surface area contributed by atoms with Crippen LogP contribution in [0.1, 0.15) is 12.0 Å². The number of hydrogen-bond donors (Lipinski definition) is 3. The number of morpholine rings is 1. The predicted molar refractivity (Wildman–Crippen MR) is 140 cm³/mol.